The first-order valence-electron chi connectivity index (χ1n) is 4.51. The van der Waals surface area contributed by atoms with Crippen LogP contribution in [0.25, 0.3) is 11.1 Å². The fraction of sp³-hybridized carbons (Fsp3) is 0. The lowest BCUT2D eigenvalue weighted by Gasteiger charge is -2.06. The molecule has 1 aromatic carbocycles. The number of nitriles is 1. The minimum Gasteiger partial charge on any atom is -0.205 e. The van der Waals surface area contributed by atoms with Crippen LogP contribution in [0.15, 0.2) is 24.3 Å². The van der Waals surface area contributed by atoms with Gasteiger partial charge in [0, 0.05) is 0 Å². The zero-order chi connectivity index (χ0) is 12.4. The fourth-order valence-corrected chi connectivity index (χ4v) is 2.23. The van der Waals surface area contributed by atoms with Crippen molar-refractivity contribution in [3.63, 3.8) is 0 Å². The summed E-state index contributed by atoms with van der Waals surface area (Å²) in [6.07, 6.45) is 0. The third-order valence-corrected chi connectivity index (χ3v) is 2.79. The highest BCUT2D eigenvalue weighted by molar-refractivity contribution is 6.39. The number of halogens is 3. The number of nitrogens with zero attached hydrogens (tertiary/aromatic N) is 3. The van der Waals surface area contributed by atoms with Crippen LogP contribution in [0.4, 0.5) is 0 Å². The van der Waals surface area contributed by atoms with Crippen LogP contribution >= 0.6 is 34.8 Å². The predicted molar refractivity (Wildman–Crippen MR) is 67.2 cm³/mol. The molecule has 0 unspecified atom stereocenters. The Kier molecular flexibility index (Phi) is 3.49. The number of aromatic nitrogens is 2. The summed E-state index contributed by atoms with van der Waals surface area (Å²) in [5.41, 5.74) is 1.65. The molecule has 0 aliphatic rings. The van der Waals surface area contributed by atoms with E-state index in [1.54, 1.807) is 24.3 Å². The van der Waals surface area contributed by atoms with Gasteiger partial charge in [-0.2, -0.15) is 5.26 Å². The molecule has 84 valence electrons. The number of hydrogen-bond acceptors (Lipinski definition) is 3. The van der Waals surface area contributed by atoms with Crippen molar-refractivity contribution < 1.29 is 0 Å². The number of benzene rings is 1. The largest absolute Gasteiger partial charge is 0.225 e. The number of hydrogen-bond donors (Lipinski definition) is 0. The highest BCUT2D eigenvalue weighted by Crippen LogP contribution is 2.33. The van der Waals surface area contributed by atoms with Crippen molar-refractivity contribution in [2.75, 3.05) is 0 Å². The van der Waals surface area contributed by atoms with Crippen LogP contribution in [0.2, 0.25) is 15.6 Å². The van der Waals surface area contributed by atoms with E-state index in [-0.39, 0.29) is 15.6 Å². The van der Waals surface area contributed by atoms with Gasteiger partial charge in [-0.25, -0.2) is 9.97 Å². The van der Waals surface area contributed by atoms with E-state index in [1.807, 2.05) is 6.07 Å². The van der Waals surface area contributed by atoms with E-state index in [0.717, 1.165) is 0 Å². The Morgan fingerprint density at radius 3 is 2.29 bits per heavy atom. The second kappa shape index (κ2) is 4.89. The van der Waals surface area contributed by atoms with Gasteiger partial charge >= 0.3 is 0 Å². The molecule has 0 atom stereocenters. The first kappa shape index (κ1) is 12.1. The molecule has 2 aromatic rings. The second-order valence-electron chi connectivity index (χ2n) is 3.14. The maximum atomic E-state index is 8.82. The number of rotatable bonds is 1. The molecule has 0 spiro atoms. The first-order chi connectivity index (χ1) is 8.11. The predicted octanol–water partition coefficient (Wildman–Crippen LogP) is 3.98. The molecule has 1 aromatic heterocycles. The van der Waals surface area contributed by atoms with Gasteiger partial charge in [0.1, 0.15) is 10.3 Å². The van der Waals surface area contributed by atoms with E-state index >= 15 is 0 Å². The van der Waals surface area contributed by atoms with Crippen LogP contribution in [0.3, 0.4) is 0 Å². The van der Waals surface area contributed by atoms with E-state index in [2.05, 4.69) is 9.97 Å². The first-order valence-corrected chi connectivity index (χ1v) is 5.64. The van der Waals surface area contributed by atoms with Gasteiger partial charge in [0.2, 0.25) is 5.28 Å². The van der Waals surface area contributed by atoms with Crippen LogP contribution in [0, 0.1) is 11.3 Å². The molecule has 1 heterocycles. The van der Waals surface area contributed by atoms with E-state index in [9.17, 15) is 0 Å². The van der Waals surface area contributed by atoms with Crippen molar-refractivity contribution in [2.24, 2.45) is 0 Å². The van der Waals surface area contributed by atoms with Gasteiger partial charge in [0.05, 0.1) is 17.2 Å². The summed E-state index contributed by atoms with van der Waals surface area (Å²) in [6, 6.07) is 8.87. The zero-order valence-electron chi connectivity index (χ0n) is 8.28. The molecule has 17 heavy (non-hydrogen) atoms. The van der Waals surface area contributed by atoms with Gasteiger partial charge in [-0.1, -0.05) is 35.3 Å². The van der Waals surface area contributed by atoms with Gasteiger partial charge in [-0.05, 0) is 29.3 Å². The third-order valence-electron chi connectivity index (χ3n) is 2.07. The molecule has 0 saturated heterocycles. The summed E-state index contributed by atoms with van der Waals surface area (Å²) in [4.78, 5) is 7.64. The molecule has 0 fully saturated rings. The highest BCUT2D eigenvalue weighted by atomic mass is 35.5. The fourth-order valence-electron chi connectivity index (χ4n) is 1.37. The van der Waals surface area contributed by atoms with Crippen molar-refractivity contribution in [3.05, 3.63) is 45.4 Å². The third kappa shape index (κ3) is 2.50. The van der Waals surface area contributed by atoms with Gasteiger partial charge < -0.3 is 0 Å². The van der Waals surface area contributed by atoms with E-state index in [4.69, 9.17) is 40.1 Å². The van der Waals surface area contributed by atoms with Gasteiger partial charge in [0.15, 0.2) is 0 Å². The smallest absolute Gasteiger partial charge is 0.205 e. The van der Waals surface area contributed by atoms with Gasteiger partial charge in [0.25, 0.3) is 0 Å². The molecular formula is C11H4Cl3N3. The Balaban J connectivity index is 2.65. The van der Waals surface area contributed by atoms with Crippen molar-refractivity contribution >= 4 is 34.8 Å². The maximum Gasteiger partial charge on any atom is 0.225 e. The topological polar surface area (TPSA) is 49.6 Å². The summed E-state index contributed by atoms with van der Waals surface area (Å²) in [7, 11) is 0. The van der Waals surface area contributed by atoms with Gasteiger partial charge in [-0.3, -0.25) is 0 Å². The van der Waals surface area contributed by atoms with E-state index in [0.29, 0.717) is 16.7 Å². The average Bonchev–Trinajstić information content (AvgIpc) is 2.28. The average molecular weight is 285 g/mol. The molecule has 3 nitrogen and oxygen atoms in total. The molecule has 0 aliphatic carbocycles. The summed E-state index contributed by atoms with van der Waals surface area (Å²) >= 11 is 17.5. The Labute approximate surface area is 113 Å². The molecule has 0 saturated carbocycles. The maximum absolute atomic E-state index is 8.82. The lowest BCUT2D eigenvalue weighted by atomic mass is 10.1. The summed E-state index contributed by atoms with van der Waals surface area (Å²) in [6.45, 7) is 0. The van der Waals surface area contributed by atoms with Crippen molar-refractivity contribution in [2.45, 2.75) is 0 Å². The molecule has 2 rings (SSSR count). The Hall–Kier alpha value is -1.34. The van der Waals surface area contributed by atoms with Crippen molar-refractivity contribution in [3.8, 4) is 17.2 Å². The van der Waals surface area contributed by atoms with Crippen LogP contribution in [0.1, 0.15) is 5.56 Å². The SMILES string of the molecule is N#Cc1cccc(-c2c(Cl)nc(Cl)nc2Cl)c1. The normalized spacial score (nSPS) is 10.0. The second-order valence-corrected chi connectivity index (χ2v) is 4.20. The Bertz CT molecular complexity index is 597. The Morgan fingerprint density at radius 1 is 1.06 bits per heavy atom. The molecule has 0 amide bonds. The van der Waals surface area contributed by atoms with Crippen LogP contribution in [-0.2, 0) is 0 Å². The monoisotopic (exact) mass is 283 g/mol. The molecule has 0 aliphatic heterocycles. The summed E-state index contributed by atoms with van der Waals surface area (Å²) < 4.78 is 0. The Morgan fingerprint density at radius 2 is 1.71 bits per heavy atom. The molecular weight excluding hydrogens is 281 g/mol. The molecule has 0 radical (unpaired) electrons. The zero-order valence-corrected chi connectivity index (χ0v) is 10.6. The van der Waals surface area contributed by atoms with E-state index in [1.165, 1.54) is 0 Å². The van der Waals surface area contributed by atoms with Crippen LogP contribution in [-0.4, -0.2) is 9.97 Å². The molecule has 0 N–H and O–H groups in total. The van der Waals surface area contributed by atoms with Crippen molar-refractivity contribution in [1.29, 1.82) is 5.26 Å². The van der Waals surface area contributed by atoms with Crippen LogP contribution in [0.5, 0.6) is 0 Å². The molecule has 6 heteroatoms. The standard InChI is InChI=1S/C11H4Cl3N3/c12-9-8(10(13)17-11(14)16-9)7-3-1-2-6(4-7)5-15/h1-4H. The summed E-state index contributed by atoms with van der Waals surface area (Å²) in [5.74, 6) is 0. The van der Waals surface area contributed by atoms with Crippen molar-refractivity contribution in [1.82, 2.24) is 9.97 Å². The molecule has 0 bridgehead atoms. The van der Waals surface area contributed by atoms with Crippen LogP contribution < -0.4 is 0 Å². The van der Waals surface area contributed by atoms with Gasteiger partial charge in [-0.15, -0.1) is 0 Å². The quantitative estimate of drug-likeness (QED) is 0.588. The lowest BCUT2D eigenvalue weighted by Crippen LogP contribution is -1.91. The minimum absolute atomic E-state index is 0.0137. The lowest BCUT2D eigenvalue weighted by molar-refractivity contribution is 1.17. The minimum atomic E-state index is -0.0137. The van der Waals surface area contributed by atoms with E-state index < -0.39 is 0 Å². The highest BCUT2D eigenvalue weighted by Gasteiger charge is 2.13. The summed E-state index contributed by atoms with van der Waals surface area (Å²) in [5, 5.41) is 9.12.